The molecule has 2 aromatic carbocycles. The van der Waals surface area contributed by atoms with Crippen molar-refractivity contribution in [2.45, 2.75) is 102 Å². The minimum absolute atomic E-state index is 0.0286. The average molecular weight is 527 g/mol. The molecule has 3 rings (SSSR count). The molecule has 5 nitrogen and oxygen atoms in total. The monoisotopic (exact) mass is 526 g/mol. The Labute approximate surface area is 224 Å². The summed E-state index contributed by atoms with van der Waals surface area (Å²) in [6, 6.07) is 20.3. The Morgan fingerprint density at radius 1 is 1.05 bits per heavy atom. The van der Waals surface area contributed by atoms with Gasteiger partial charge < -0.3 is 23.7 Å². The van der Waals surface area contributed by atoms with E-state index in [-0.39, 0.29) is 17.2 Å². The minimum Gasteiger partial charge on any atom is -0.411 e. The number of aliphatic hydroxyl groups is 1. The lowest BCUT2D eigenvalue weighted by atomic mass is 9.86. The van der Waals surface area contributed by atoms with Gasteiger partial charge in [-0.15, -0.1) is 6.58 Å². The number of hydrogen-bond acceptors (Lipinski definition) is 5. The molecule has 0 aliphatic carbocycles. The van der Waals surface area contributed by atoms with E-state index in [2.05, 4.69) is 52.6 Å². The second-order valence-corrected chi connectivity index (χ2v) is 16.7. The molecule has 2 aromatic rings. The Kier molecular flexibility index (Phi) is 10.3. The zero-order valence-electron chi connectivity index (χ0n) is 23.5. The van der Waals surface area contributed by atoms with E-state index in [4.69, 9.17) is 18.6 Å². The van der Waals surface area contributed by atoms with Crippen LogP contribution in [-0.4, -0.2) is 50.0 Å². The van der Waals surface area contributed by atoms with Crippen molar-refractivity contribution < 1.29 is 23.7 Å². The topological polar surface area (TPSA) is 57.2 Å². The van der Waals surface area contributed by atoms with Gasteiger partial charge in [0.25, 0.3) is 0 Å². The summed E-state index contributed by atoms with van der Waals surface area (Å²) in [6.07, 6.45) is 0.981. The number of hydrogen-bond donors (Lipinski definition) is 1. The molecule has 6 heteroatoms. The second kappa shape index (κ2) is 12.8. The molecule has 0 bridgehead atoms. The Balaban J connectivity index is 1.85. The van der Waals surface area contributed by atoms with Crippen LogP contribution < -0.4 is 0 Å². The fourth-order valence-corrected chi connectivity index (χ4v) is 5.79. The highest BCUT2D eigenvalue weighted by molar-refractivity contribution is 6.74. The molecule has 1 aliphatic heterocycles. The number of benzene rings is 2. The van der Waals surface area contributed by atoms with E-state index in [0.29, 0.717) is 32.7 Å². The Morgan fingerprint density at radius 2 is 1.62 bits per heavy atom. The SMILES string of the molecule is C=CC[C@H](O)[C@H]1O[C@@](C)(COCc2ccccc2)[C@H](OCc2ccccc2)C[C@@H]1O[Si](C)(C)C(C)(C)C. The lowest BCUT2D eigenvalue weighted by molar-refractivity contribution is -0.265. The largest absolute Gasteiger partial charge is 0.411 e. The van der Waals surface area contributed by atoms with Gasteiger partial charge in [0.15, 0.2) is 8.32 Å². The predicted molar refractivity (Wildman–Crippen MR) is 152 cm³/mol. The maximum atomic E-state index is 11.1. The van der Waals surface area contributed by atoms with Gasteiger partial charge in [-0.3, -0.25) is 0 Å². The van der Waals surface area contributed by atoms with Gasteiger partial charge in [-0.25, -0.2) is 0 Å². The first-order valence-electron chi connectivity index (χ1n) is 13.4. The maximum Gasteiger partial charge on any atom is 0.192 e. The lowest BCUT2D eigenvalue weighted by Gasteiger charge is -2.51. The Morgan fingerprint density at radius 3 is 2.16 bits per heavy atom. The summed E-state index contributed by atoms with van der Waals surface area (Å²) in [5.41, 5.74) is 1.45. The van der Waals surface area contributed by atoms with Crippen LogP contribution in [0.2, 0.25) is 18.1 Å². The van der Waals surface area contributed by atoms with Gasteiger partial charge >= 0.3 is 0 Å². The molecule has 0 radical (unpaired) electrons. The second-order valence-electron chi connectivity index (χ2n) is 11.9. The molecule has 1 saturated heterocycles. The van der Waals surface area contributed by atoms with Crippen LogP contribution in [0.25, 0.3) is 0 Å². The molecule has 0 unspecified atom stereocenters. The van der Waals surface area contributed by atoms with E-state index in [1.807, 2.05) is 55.5 Å². The minimum atomic E-state index is -2.14. The Bertz CT molecular complexity index is 959. The Hall–Kier alpha value is -1.80. The highest BCUT2D eigenvalue weighted by Gasteiger charge is 2.52. The first kappa shape index (κ1) is 29.7. The van der Waals surface area contributed by atoms with Crippen molar-refractivity contribution in [3.63, 3.8) is 0 Å². The molecule has 0 spiro atoms. The lowest BCUT2D eigenvalue weighted by Crippen LogP contribution is -2.63. The van der Waals surface area contributed by atoms with E-state index >= 15 is 0 Å². The molecule has 1 fully saturated rings. The highest BCUT2D eigenvalue weighted by atomic mass is 28.4. The van der Waals surface area contributed by atoms with Crippen molar-refractivity contribution in [3.05, 3.63) is 84.4 Å². The van der Waals surface area contributed by atoms with Crippen molar-refractivity contribution in [2.24, 2.45) is 0 Å². The summed E-state index contributed by atoms with van der Waals surface area (Å²) >= 11 is 0. The standard InChI is InChI=1S/C31H46O5Si/c1-8-15-26(32)29-27(36-37(6,7)30(2,3)4)20-28(34-22-25-18-13-10-14-19-25)31(5,35-29)23-33-21-24-16-11-9-12-17-24/h8-14,16-19,26-29,32H,1,15,20-23H2,2-7H3/t26-,27-,28+,29+,31-/m0/s1. The van der Waals surface area contributed by atoms with Crippen LogP contribution in [0.4, 0.5) is 0 Å². The molecule has 1 N–H and O–H groups in total. The summed E-state index contributed by atoms with van der Waals surface area (Å²) in [4.78, 5) is 0. The molecule has 0 aromatic heterocycles. The first-order chi connectivity index (χ1) is 17.4. The number of ether oxygens (including phenoxy) is 3. The normalized spacial score (nSPS) is 25.5. The molecule has 1 aliphatic rings. The fourth-order valence-electron chi connectivity index (χ4n) is 4.45. The predicted octanol–water partition coefficient (Wildman–Crippen LogP) is 6.66. The van der Waals surface area contributed by atoms with Gasteiger partial charge in [-0.05, 0) is 42.6 Å². The summed E-state index contributed by atoms with van der Waals surface area (Å²) < 4.78 is 26.3. The number of aliphatic hydroxyl groups excluding tert-OH is 1. The third-order valence-corrected chi connectivity index (χ3v) is 12.2. The van der Waals surface area contributed by atoms with Gasteiger partial charge in [-0.2, -0.15) is 0 Å². The van der Waals surface area contributed by atoms with Crippen molar-refractivity contribution >= 4 is 8.32 Å². The zero-order valence-corrected chi connectivity index (χ0v) is 24.5. The molecular weight excluding hydrogens is 480 g/mol. The third kappa shape index (κ3) is 8.09. The van der Waals surface area contributed by atoms with Crippen LogP contribution in [0.3, 0.4) is 0 Å². The van der Waals surface area contributed by atoms with Crippen LogP contribution in [0.15, 0.2) is 73.3 Å². The summed E-state index contributed by atoms with van der Waals surface area (Å²) in [5.74, 6) is 0. The smallest absolute Gasteiger partial charge is 0.192 e. The van der Waals surface area contributed by atoms with Gasteiger partial charge in [0.1, 0.15) is 11.7 Å². The molecule has 1 heterocycles. The van der Waals surface area contributed by atoms with Crippen molar-refractivity contribution in [2.75, 3.05) is 6.61 Å². The van der Waals surface area contributed by atoms with Gasteiger partial charge in [0, 0.05) is 6.42 Å². The van der Waals surface area contributed by atoms with Crippen LogP contribution in [-0.2, 0) is 31.9 Å². The molecule has 204 valence electrons. The van der Waals surface area contributed by atoms with Crippen LogP contribution in [0.1, 0.15) is 51.7 Å². The zero-order chi connectivity index (χ0) is 27.1. The van der Waals surface area contributed by atoms with Crippen LogP contribution >= 0.6 is 0 Å². The fraction of sp³-hybridized carbons (Fsp3) is 0.548. The summed E-state index contributed by atoms with van der Waals surface area (Å²) in [5, 5.41) is 11.2. The molecule has 0 saturated carbocycles. The average Bonchev–Trinajstić information content (AvgIpc) is 2.85. The van der Waals surface area contributed by atoms with E-state index in [1.54, 1.807) is 6.08 Å². The quantitative estimate of drug-likeness (QED) is 0.247. The molecule has 37 heavy (non-hydrogen) atoms. The van der Waals surface area contributed by atoms with Crippen LogP contribution in [0, 0.1) is 0 Å². The van der Waals surface area contributed by atoms with E-state index < -0.39 is 26.1 Å². The van der Waals surface area contributed by atoms with Gasteiger partial charge in [-0.1, -0.05) is 87.5 Å². The van der Waals surface area contributed by atoms with Crippen molar-refractivity contribution in [1.29, 1.82) is 0 Å². The maximum absolute atomic E-state index is 11.1. The van der Waals surface area contributed by atoms with E-state index in [9.17, 15) is 5.11 Å². The van der Waals surface area contributed by atoms with Crippen LogP contribution in [0.5, 0.6) is 0 Å². The third-order valence-electron chi connectivity index (χ3n) is 7.73. The van der Waals surface area contributed by atoms with Crippen molar-refractivity contribution in [1.82, 2.24) is 0 Å². The number of rotatable bonds is 12. The highest BCUT2D eigenvalue weighted by Crippen LogP contribution is 2.42. The van der Waals surface area contributed by atoms with E-state index in [1.165, 1.54) is 0 Å². The molecule has 0 amide bonds. The van der Waals surface area contributed by atoms with Gasteiger partial charge in [0.05, 0.1) is 38.1 Å². The van der Waals surface area contributed by atoms with Gasteiger partial charge in [0.2, 0.25) is 0 Å². The molecular formula is C31H46O5Si. The first-order valence-corrected chi connectivity index (χ1v) is 16.3. The molecule has 5 atom stereocenters. The van der Waals surface area contributed by atoms with Crippen molar-refractivity contribution in [3.8, 4) is 0 Å². The summed E-state index contributed by atoms with van der Waals surface area (Å²) in [7, 11) is -2.14. The summed E-state index contributed by atoms with van der Waals surface area (Å²) in [6.45, 7) is 18.3. The van der Waals surface area contributed by atoms with E-state index in [0.717, 1.165) is 11.1 Å².